The average molecular weight is 417 g/mol. The Morgan fingerprint density at radius 1 is 0.857 bits per heavy atom. The maximum Gasteiger partial charge on any atom is 0.238 e. The number of hydrogen-bond acceptors (Lipinski definition) is 4. The van der Waals surface area contributed by atoms with Crippen molar-refractivity contribution >= 4 is 15.7 Å². The third-order valence-electron chi connectivity index (χ3n) is 5.91. The van der Waals surface area contributed by atoms with Gasteiger partial charge in [0.2, 0.25) is 5.91 Å². The lowest BCUT2D eigenvalue weighted by molar-refractivity contribution is -0.121. The third kappa shape index (κ3) is 10.8. The molecule has 0 bridgehead atoms. The Bertz CT molecular complexity index is 508. The number of amides is 1. The van der Waals surface area contributed by atoms with E-state index in [1.165, 1.54) is 70.6 Å². The highest BCUT2D eigenvalue weighted by Crippen LogP contribution is 2.18. The van der Waals surface area contributed by atoms with Crippen LogP contribution in [-0.2, 0) is 14.6 Å². The molecule has 1 aliphatic heterocycles. The molecule has 1 rings (SSSR count). The molecule has 1 heterocycles. The van der Waals surface area contributed by atoms with Crippen molar-refractivity contribution in [2.24, 2.45) is 5.73 Å². The van der Waals surface area contributed by atoms with Gasteiger partial charge in [-0.25, -0.2) is 8.42 Å². The minimum atomic E-state index is -3.29. The standard InChI is InChI=1S/C22H44N2O3S/c1-2-3-4-5-6-7-8-9-10-11-12-13-14-15-19-28(26,27)20-17-16-18-24-22(25)21(20)23/h20-21H,2-19,23H2,1H3,(H,24,25)/t20?,21-/m1/s1. The fourth-order valence-corrected chi connectivity index (χ4v) is 6.04. The van der Waals surface area contributed by atoms with Gasteiger partial charge in [-0.2, -0.15) is 0 Å². The molecule has 0 spiro atoms. The Kier molecular flexibility index (Phi) is 13.8. The molecule has 5 nitrogen and oxygen atoms in total. The van der Waals surface area contributed by atoms with Crippen LogP contribution in [0.25, 0.3) is 0 Å². The molecule has 1 saturated heterocycles. The monoisotopic (exact) mass is 416 g/mol. The van der Waals surface area contributed by atoms with Gasteiger partial charge in [-0.05, 0) is 19.3 Å². The highest BCUT2D eigenvalue weighted by molar-refractivity contribution is 7.92. The molecule has 0 radical (unpaired) electrons. The molecule has 0 aromatic rings. The van der Waals surface area contributed by atoms with E-state index < -0.39 is 21.1 Å². The average Bonchev–Trinajstić information content (AvgIpc) is 2.83. The number of hydrogen-bond donors (Lipinski definition) is 2. The molecule has 1 aliphatic rings. The SMILES string of the molecule is CCCCCCCCCCCCCCCCS(=O)(=O)C1CCCNC(=O)[C@@H]1N. The maximum absolute atomic E-state index is 12.6. The van der Waals surface area contributed by atoms with E-state index in [1.807, 2.05) is 0 Å². The zero-order chi connectivity index (χ0) is 20.7. The number of nitrogens with two attached hydrogens (primary N) is 1. The lowest BCUT2D eigenvalue weighted by Crippen LogP contribution is -2.49. The number of sulfone groups is 1. The summed E-state index contributed by atoms with van der Waals surface area (Å²) in [6, 6.07) is -0.917. The van der Waals surface area contributed by atoms with Crippen LogP contribution < -0.4 is 11.1 Å². The van der Waals surface area contributed by atoms with Crippen molar-refractivity contribution in [3.05, 3.63) is 0 Å². The van der Waals surface area contributed by atoms with E-state index in [0.717, 1.165) is 12.8 Å². The van der Waals surface area contributed by atoms with Crippen LogP contribution in [0.2, 0.25) is 0 Å². The quantitative estimate of drug-likeness (QED) is 0.363. The number of carbonyl (C=O) groups is 1. The van der Waals surface area contributed by atoms with Crippen LogP contribution in [0.4, 0.5) is 0 Å². The minimum Gasteiger partial charge on any atom is -0.355 e. The van der Waals surface area contributed by atoms with Gasteiger partial charge >= 0.3 is 0 Å². The summed E-state index contributed by atoms with van der Waals surface area (Å²) in [6.45, 7) is 2.78. The highest BCUT2D eigenvalue weighted by atomic mass is 32.2. The second-order valence-electron chi connectivity index (χ2n) is 8.46. The van der Waals surface area contributed by atoms with Crippen LogP contribution in [0.1, 0.15) is 110 Å². The van der Waals surface area contributed by atoms with Crippen molar-refractivity contribution in [2.75, 3.05) is 12.3 Å². The Morgan fingerprint density at radius 3 is 1.82 bits per heavy atom. The highest BCUT2D eigenvalue weighted by Gasteiger charge is 2.36. The Balaban J connectivity index is 2.01. The van der Waals surface area contributed by atoms with E-state index >= 15 is 0 Å². The fraction of sp³-hybridized carbons (Fsp3) is 0.955. The second kappa shape index (κ2) is 15.3. The molecule has 0 aliphatic carbocycles. The molecule has 0 aromatic carbocycles. The van der Waals surface area contributed by atoms with Gasteiger partial charge < -0.3 is 11.1 Å². The number of carbonyl (C=O) groups excluding carboxylic acids is 1. The van der Waals surface area contributed by atoms with E-state index in [0.29, 0.717) is 25.8 Å². The van der Waals surface area contributed by atoms with Crippen molar-refractivity contribution in [1.29, 1.82) is 0 Å². The van der Waals surface area contributed by atoms with Crippen molar-refractivity contribution in [3.8, 4) is 0 Å². The van der Waals surface area contributed by atoms with Crippen LogP contribution in [0.15, 0.2) is 0 Å². The van der Waals surface area contributed by atoms with Gasteiger partial charge in [0.25, 0.3) is 0 Å². The minimum absolute atomic E-state index is 0.163. The van der Waals surface area contributed by atoms with E-state index in [1.54, 1.807) is 0 Å². The maximum atomic E-state index is 12.6. The first-order valence-electron chi connectivity index (χ1n) is 11.7. The van der Waals surface area contributed by atoms with Crippen LogP contribution in [-0.4, -0.2) is 37.9 Å². The number of unbranched alkanes of at least 4 members (excludes halogenated alkanes) is 13. The Morgan fingerprint density at radius 2 is 1.32 bits per heavy atom. The van der Waals surface area contributed by atoms with Gasteiger partial charge in [0.05, 0.1) is 11.0 Å². The fourth-order valence-electron chi connectivity index (χ4n) is 4.03. The van der Waals surface area contributed by atoms with Crippen LogP contribution >= 0.6 is 0 Å². The summed E-state index contributed by atoms with van der Waals surface area (Å²) < 4.78 is 25.1. The first-order chi connectivity index (χ1) is 13.5. The zero-order valence-corrected chi connectivity index (χ0v) is 18.9. The van der Waals surface area contributed by atoms with Crippen molar-refractivity contribution in [3.63, 3.8) is 0 Å². The van der Waals surface area contributed by atoms with Crippen LogP contribution in [0, 0.1) is 0 Å². The van der Waals surface area contributed by atoms with Crippen LogP contribution in [0.5, 0.6) is 0 Å². The van der Waals surface area contributed by atoms with Crippen LogP contribution in [0.3, 0.4) is 0 Å². The summed E-state index contributed by atoms with van der Waals surface area (Å²) in [5, 5.41) is 1.98. The molecule has 0 aromatic heterocycles. The summed E-state index contributed by atoms with van der Waals surface area (Å²) in [5.41, 5.74) is 5.87. The summed E-state index contributed by atoms with van der Waals surface area (Å²) in [6.07, 6.45) is 18.6. The Hall–Kier alpha value is -0.620. The van der Waals surface area contributed by atoms with E-state index in [-0.39, 0.29) is 11.7 Å². The zero-order valence-electron chi connectivity index (χ0n) is 18.1. The topological polar surface area (TPSA) is 89.3 Å². The number of nitrogens with one attached hydrogen (secondary N) is 1. The molecule has 6 heteroatoms. The molecule has 166 valence electrons. The van der Waals surface area contributed by atoms with Gasteiger partial charge in [-0.1, -0.05) is 90.4 Å². The summed E-state index contributed by atoms with van der Waals surface area (Å²) in [7, 11) is -3.29. The molecule has 2 atom stereocenters. The normalized spacial score (nSPS) is 20.7. The summed E-state index contributed by atoms with van der Waals surface area (Å²) >= 11 is 0. The third-order valence-corrected chi connectivity index (χ3v) is 8.22. The van der Waals surface area contributed by atoms with Crippen molar-refractivity contribution in [2.45, 2.75) is 121 Å². The van der Waals surface area contributed by atoms with Crippen molar-refractivity contribution in [1.82, 2.24) is 5.32 Å². The summed E-state index contributed by atoms with van der Waals surface area (Å²) in [5.74, 6) is -0.163. The molecule has 1 amide bonds. The van der Waals surface area contributed by atoms with Gasteiger partial charge in [0, 0.05) is 6.54 Å². The smallest absolute Gasteiger partial charge is 0.238 e. The number of rotatable bonds is 16. The van der Waals surface area contributed by atoms with E-state index in [4.69, 9.17) is 5.73 Å². The first kappa shape index (κ1) is 25.4. The predicted octanol–water partition coefficient (Wildman–Crippen LogP) is 4.49. The van der Waals surface area contributed by atoms with Gasteiger partial charge in [0.1, 0.15) is 6.04 Å². The molecule has 3 N–H and O–H groups in total. The lowest BCUT2D eigenvalue weighted by Gasteiger charge is -2.20. The first-order valence-corrected chi connectivity index (χ1v) is 13.5. The lowest BCUT2D eigenvalue weighted by atomic mass is 10.0. The molecule has 1 unspecified atom stereocenters. The van der Waals surface area contributed by atoms with E-state index in [2.05, 4.69) is 12.2 Å². The van der Waals surface area contributed by atoms with Gasteiger partial charge in [-0.15, -0.1) is 0 Å². The molecule has 28 heavy (non-hydrogen) atoms. The largest absolute Gasteiger partial charge is 0.355 e. The second-order valence-corrected chi connectivity index (χ2v) is 10.8. The van der Waals surface area contributed by atoms with Crippen molar-refractivity contribution < 1.29 is 13.2 Å². The molecular weight excluding hydrogens is 372 g/mol. The predicted molar refractivity (Wildman–Crippen MR) is 118 cm³/mol. The molecular formula is C22H44N2O3S. The van der Waals surface area contributed by atoms with Gasteiger partial charge in [0.15, 0.2) is 9.84 Å². The molecule has 0 saturated carbocycles. The Labute approximate surface area is 173 Å². The van der Waals surface area contributed by atoms with E-state index in [9.17, 15) is 13.2 Å². The summed E-state index contributed by atoms with van der Waals surface area (Å²) in [4.78, 5) is 11.8. The molecule has 1 fully saturated rings. The van der Waals surface area contributed by atoms with Gasteiger partial charge in [-0.3, -0.25) is 4.79 Å².